The number of ether oxygens (including phenoxy) is 1. The number of hydrogen-bond acceptors (Lipinski definition) is 3. The van der Waals surface area contributed by atoms with Gasteiger partial charge in [-0.25, -0.2) is 0 Å². The monoisotopic (exact) mass is 310 g/mol. The van der Waals surface area contributed by atoms with Crippen LogP contribution in [0.1, 0.15) is 42.3 Å². The summed E-state index contributed by atoms with van der Waals surface area (Å²) in [5.41, 5.74) is 2.64. The van der Waals surface area contributed by atoms with Crippen LogP contribution < -0.4 is 4.74 Å². The first kappa shape index (κ1) is 16.8. The van der Waals surface area contributed by atoms with Gasteiger partial charge < -0.3 is 9.84 Å². The molecule has 3 heteroatoms. The van der Waals surface area contributed by atoms with Crippen molar-refractivity contribution in [3.05, 3.63) is 65.2 Å². The minimum Gasteiger partial charge on any atom is -0.504 e. The molecule has 2 aromatic rings. The zero-order valence-corrected chi connectivity index (χ0v) is 14.0. The molecule has 0 saturated carbocycles. The van der Waals surface area contributed by atoms with Crippen LogP contribution in [-0.2, 0) is 5.41 Å². The molecule has 0 spiro atoms. The summed E-state index contributed by atoms with van der Waals surface area (Å²) in [5, 5.41) is 9.74. The normalized spacial score (nSPS) is 11.7. The lowest BCUT2D eigenvalue weighted by molar-refractivity contribution is 0.104. The first-order valence-electron chi connectivity index (χ1n) is 7.51. The SMILES string of the molecule is COc1ccc(C=CC(=O)c2ccc(C(C)(C)C)cc2)cc1O. The highest BCUT2D eigenvalue weighted by Crippen LogP contribution is 2.27. The number of phenols is 1. The van der Waals surface area contributed by atoms with Gasteiger partial charge in [0.05, 0.1) is 7.11 Å². The van der Waals surface area contributed by atoms with E-state index in [9.17, 15) is 9.90 Å². The van der Waals surface area contributed by atoms with Crippen molar-refractivity contribution in [3.63, 3.8) is 0 Å². The van der Waals surface area contributed by atoms with Gasteiger partial charge >= 0.3 is 0 Å². The van der Waals surface area contributed by atoms with Crippen LogP contribution in [0.5, 0.6) is 11.5 Å². The molecule has 3 nitrogen and oxygen atoms in total. The quantitative estimate of drug-likeness (QED) is 0.663. The van der Waals surface area contributed by atoms with Gasteiger partial charge in [0.2, 0.25) is 0 Å². The molecule has 0 bridgehead atoms. The summed E-state index contributed by atoms with van der Waals surface area (Å²) in [7, 11) is 1.50. The molecule has 0 aliphatic heterocycles. The summed E-state index contributed by atoms with van der Waals surface area (Å²) < 4.78 is 4.99. The first-order valence-corrected chi connectivity index (χ1v) is 7.51. The van der Waals surface area contributed by atoms with E-state index in [1.54, 1.807) is 24.3 Å². The first-order chi connectivity index (χ1) is 10.8. The molecule has 0 unspecified atom stereocenters. The topological polar surface area (TPSA) is 46.5 Å². The fourth-order valence-electron chi connectivity index (χ4n) is 2.21. The Morgan fingerprint density at radius 1 is 1.09 bits per heavy atom. The van der Waals surface area contributed by atoms with E-state index >= 15 is 0 Å². The van der Waals surface area contributed by atoms with Crippen LogP contribution in [0, 0.1) is 0 Å². The Balaban J connectivity index is 2.13. The summed E-state index contributed by atoms with van der Waals surface area (Å²) in [6, 6.07) is 12.7. The molecule has 23 heavy (non-hydrogen) atoms. The number of phenolic OH excluding ortho intramolecular Hbond substituents is 1. The number of rotatable bonds is 4. The van der Waals surface area contributed by atoms with Crippen LogP contribution in [0.15, 0.2) is 48.5 Å². The molecule has 0 aliphatic carbocycles. The van der Waals surface area contributed by atoms with Crippen LogP contribution in [0.4, 0.5) is 0 Å². The average molecular weight is 310 g/mol. The molecule has 0 saturated heterocycles. The van der Waals surface area contributed by atoms with Crippen molar-refractivity contribution in [3.8, 4) is 11.5 Å². The van der Waals surface area contributed by atoms with Crippen molar-refractivity contribution < 1.29 is 14.6 Å². The third-order valence-electron chi connectivity index (χ3n) is 3.67. The fourth-order valence-corrected chi connectivity index (χ4v) is 2.21. The Labute approximate surface area is 137 Å². The molecule has 0 atom stereocenters. The average Bonchev–Trinajstić information content (AvgIpc) is 2.52. The van der Waals surface area contributed by atoms with Gasteiger partial charge in [-0.2, -0.15) is 0 Å². The molecule has 0 aromatic heterocycles. The number of hydrogen-bond donors (Lipinski definition) is 1. The Morgan fingerprint density at radius 3 is 2.26 bits per heavy atom. The summed E-state index contributed by atoms with van der Waals surface area (Å²) in [5.74, 6) is 0.392. The molecule has 0 aliphatic rings. The predicted molar refractivity (Wildman–Crippen MR) is 93.2 cm³/mol. The van der Waals surface area contributed by atoms with E-state index < -0.39 is 0 Å². The van der Waals surface area contributed by atoms with Crippen molar-refractivity contribution >= 4 is 11.9 Å². The van der Waals surface area contributed by atoms with Crippen molar-refractivity contribution in [2.75, 3.05) is 7.11 Å². The van der Waals surface area contributed by atoms with E-state index in [0.717, 1.165) is 5.56 Å². The maximum atomic E-state index is 12.2. The Morgan fingerprint density at radius 2 is 1.74 bits per heavy atom. The standard InChI is InChI=1S/C20H22O3/c1-20(2,3)16-9-7-15(8-10-16)17(21)11-5-14-6-12-19(23-4)18(22)13-14/h5-13,22H,1-4H3. The lowest BCUT2D eigenvalue weighted by Gasteiger charge is -2.18. The van der Waals surface area contributed by atoms with Gasteiger partial charge in [-0.15, -0.1) is 0 Å². The lowest BCUT2D eigenvalue weighted by atomic mass is 9.86. The fraction of sp³-hybridized carbons (Fsp3) is 0.250. The summed E-state index contributed by atoms with van der Waals surface area (Å²) in [4.78, 5) is 12.2. The van der Waals surface area contributed by atoms with Crippen molar-refractivity contribution in [2.24, 2.45) is 0 Å². The molecule has 0 radical (unpaired) electrons. The maximum absolute atomic E-state index is 12.2. The molecule has 0 heterocycles. The highest BCUT2D eigenvalue weighted by molar-refractivity contribution is 6.06. The molecular formula is C20H22O3. The number of ketones is 1. The summed E-state index contributed by atoms with van der Waals surface area (Å²) in [6.45, 7) is 6.42. The van der Waals surface area contributed by atoms with Crippen LogP contribution in [0.25, 0.3) is 6.08 Å². The summed E-state index contributed by atoms with van der Waals surface area (Å²) >= 11 is 0. The highest BCUT2D eigenvalue weighted by atomic mass is 16.5. The van der Waals surface area contributed by atoms with Gasteiger partial charge in [-0.05, 0) is 34.8 Å². The Kier molecular flexibility index (Phi) is 4.89. The van der Waals surface area contributed by atoms with E-state index in [1.807, 2.05) is 24.3 Å². The molecule has 0 amide bonds. The van der Waals surface area contributed by atoms with Gasteiger partial charge in [0.15, 0.2) is 17.3 Å². The molecular weight excluding hydrogens is 288 g/mol. The van der Waals surface area contributed by atoms with Crippen LogP contribution in [-0.4, -0.2) is 18.0 Å². The van der Waals surface area contributed by atoms with Crippen LogP contribution in [0.3, 0.4) is 0 Å². The smallest absolute Gasteiger partial charge is 0.185 e. The third kappa shape index (κ3) is 4.22. The van der Waals surface area contributed by atoms with Gasteiger partial charge in [0.1, 0.15) is 0 Å². The van der Waals surface area contributed by atoms with Crippen LogP contribution in [0.2, 0.25) is 0 Å². The minimum atomic E-state index is -0.0687. The van der Waals surface area contributed by atoms with Gasteiger partial charge in [-0.3, -0.25) is 4.79 Å². The van der Waals surface area contributed by atoms with E-state index in [1.165, 1.54) is 18.7 Å². The van der Waals surface area contributed by atoms with E-state index in [2.05, 4.69) is 20.8 Å². The lowest BCUT2D eigenvalue weighted by Crippen LogP contribution is -2.11. The number of methoxy groups -OCH3 is 1. The van der Waals surface area contributed by atoms with Gasteiger partial charge in [0.25, 0.3) is 0 Å². The molecule has 2 rings (SSSR count). The third-order valence-corrected chi connectivity index (χ3v) is 3.67. The number of benzene rings is 2. The van der Waals surface area contributed by atoms with Crippen molar-refractivity contribution in [2.45, 2.75) is 26.2 Å². The van der Waals surface area contributed by atoms with E-state index in [0.29, 0.717) is 11.3 Å². The number of aromatic hydroxyl groups is 1. The summed E-state index contributed by atoms with van der Waals surface area (Å²) in [6.07, 6.45) is 3.19. The molecule has 0 fully saturated rings. The maximum Gasteiger partial charge on any atom is 0.185 e. The second-order valence-corrected chi connectivity index (χ2v) is 6.46. The van der Waals surface area contributed by atoms with E-state index in [4.69, 9.17) is 4.74 Å². The number of carbonyl (C=O) groups is 1. The number of allylic oxidation sites excluding steroid dienone is 1. The molecule has 2 aromatic carbocycles. The highest BCUT2D eigenvalue weighted by Gasteiger charge is 2.13. The molecule has 1 N–H and O–H groups in total. The second kappa shape index (κ2) is 6.69. The van der Waals surface area contributed by atoms with Crippen molar-refractivity contribution in [1.82, 2.24) is 0 Å². The minimum absolute atomic E-state index is 0.0524. The Bertz CT molecular complexity index is 720. The van der Waals surface area contributed by atoms with E-state index in [-0.39, 0.29) is 16.9 Å². The van der Waals surface area contributed by atoms with Crippen LogP contribution >= 0.6 is 0 Å². The van der Waals surface area contributed by atoms with Gasteiger partial charge in [-0.1, -0.05) is 57.2 Å². The predicted octanol–water partition coefficient (Wildman–Crippen LogP) is 4.59. The zero-order chi connectivity index (χ0) is 17.0. The second-order valence-electron chi connectivity index (χ2n) is 6.46. The van der Waals surface area contributed by atoms with Crippen molar-refractivity contribution in [1.29, 1.82) is 0 Å². The molecule has 120 valence electrons. The zero-order valence-electron chi connectivity index (χ0n) is 14.0. The Hall–Kier alpha value is -2.55. The van der Waals surface area contributed by atoms with Gasteiger partial charge in [0, 0.05) is 5.56 Å². The number of carbonyl (C=O) groups excluding carboxylic acids is 1. The largest absolute Gasteiger partial charge is 0.504 e.